The fourth-order valence-electron chi connectivity index (χ4n) is 2.29. The van der Waals surface area contributed by atoms with Crippen molar-refractivity contribution in [3.63, 3.8) is 0 Å². The first-order chi connectivity index (χ1) is 12.8. The van der Waals surface area contributed by atoms with E-state index in [1.807, 2.05) is 6.08 Å². The number of allylic oxidation sites excluding steroid dienone is 11. The number of carbonyl (C=O) groups is 1. The van der Waals surface area contributed by atoms with Gasteiger partial charge in [0.2, 0.25) is 0 Å². The van der Waals surface area contributed by atoms with E-state index in [1.165, 1.54) is 0 Å². The third-order valence-electron chi connectivity index (χ3n) is 3.74. The maximum absolute atomic E-state index is 10.4. The van der Waals surface area contributed by atoms with Gasteiger partial charge in [-0.05, 0) is 51.4 Å². The van der Waals surface area contributed by atoms with Gasteiger partial charge in [-0.15, -0.1) is 6.58 Å². The molecule has 0 aliphatic heterocycles. The van der Waals surface area contributed by atoms with Crippen molar-refractivity contribution in [1.29, 1.82) is 0 Å². The zero-order valence-electron chi connectivity index (χ0n) is 16.2. The minimum Gasteiger partial charge on any atom is -0.481 e. The molecule has 0 aliphatic rings. The molecule has 0 radical (unpaired) electrons. The third-order valence-corrected chi connectivity index (χ3v) is 3.74. The Morgan fingerprint density at radius 2 is 1.04 bits per heavy atom. The summed E-state index contributed by atoms with van der Waals surface area (Å²) in [6.45, 7) is 3.68. The number of aliphatic carboxylic acids is 1. The highest BCUT2D eigenvalue weighted by Crippen LogP contribution is 2.06. The number of rotatable bonds is 17. The molecule has 144 valence electrons. The van der Waals surface area contributed by atoms with E-state index in [0.717, 1.165) is 64.2 Å². The first-order valence-corrected chi connectivity index (χ1v) is 9.85. The predicted molar refractivity (Wildman–Crippen MR) is 114 cm³/mol. The molecule has 0 fully saturated rings. The van der Waals surface area contributed by atoms with Gasteiger partial charge in [0, 0.05) is 6.42 Å². The molecule has 0 aromatic heterocycles. The Hall–Kier alpha value is -2.09. The molecule has 2 heteroatoms. The second-order valence-corrected chi connectivity index (χ2v) is 6.17. The zero-order valence-corrected chi connectivity index (χ0v) is 16.2. The number of carboxylic acid groups (broad SMARTS) is 1. The Kier molecular flexibility index (Phi) is 19.3. The van der Waals surface area contributed by atoms with Crippen LogP contribution in [0.4, 0.5) is 0 Å². The van der Waals surface area contributed by atoms with Gasteiger partial charge >= 0.3 is 5.97 Å². The van der Waals surface area contributed by atoms with Crippen LogP contribution in [0.1, 0.15) is 70.6 Å². The van der Waals surface area contributed by atoms with Gasteiger partial charge in [0.15, 0.2) is 0 Å². The van der Waals surface area contributed by atoms with Gasteiger partial charge < -0.3 is 5.11 Å². The average Bonchev–Trinajstić information content (AvgIpc) is 2.62. The molecule has 0 saturated heterocycles. The first kappa shape index (κ1) is 23.9. The number of unbranched alkanes of at least 4 members (excludes halogenated alkanes) is 4. The lowest BCUT2D eigenvalue weighted by molar-refractivity contribution is -0.137. The second kappa shape index (κ2) is 21.0. The molecular weight excluding hydrogens is 320 g/mol. The Labute approximate surface area is 160 Å². The SMILES string of the molecule is C=CCC=CCC=CCC=CCC=CCC=CCCCCCCC(=O)O. The molecule has 0 aromatic rings. The summed E-state index contributed by atoms with van der Waals surface area (Å²) in [5, 5.41) is 8.54. The fraction of sp³-hybridized carbons (Fsp3) is 0.458. The first-order valence-electron chi connectivity index (χ1n) is 9.85. The quantitative estimate of drug-likeness (QED) is 0.219. The molecule has 1 N–H and O–H groups in total. The van der Waals surface area contributed by atoms with E-state index in [-0.39, 0.29) is 0 Å². The smallest absolute Gasteiger partial charge is 0.303 e. The Balaban J connectivity index is 3.42. The van der Waals surface area contributed by atoms with Crippen LogP contribution in [-0.4, -0.2) is 11.1 Å². The number of carboxylic acids is 1. The predicted octanol–water partition coefficient (Wildman–Crippen LogP) is 7.33. The van der Waals surface area contributed by atoms with Gasteiger partial charge in [0.25, 0.3) is 0 Å². The van der Waals surface area contributed by atoms with E-state index in [9.17, 15) is 4.79 Å². The van der Waals surface area contributed by atoms with Crippen LogP contribution in [0.2, 0.25) is 0 Å². The van der Waals surface area contributed by atoms with Crippen LogP contribution in [-0.2, 0) is 4.79 Å². The summed E-state index contributed by atoms with van der Waals surface area (Å²) in [5.74, 6) is -0.685. The van der Waals surface area contributed by atoms with Crippen molar-refractivity contribution in [3.8, 4) is 0 Å². The molecule has 0 bridgehead atoms. The van der Waals surface area contributed by atoms with Crippen molar-refractivity contribution in [1.82, 2.24) is 0 Å². The molecule has 2 nitrogen and oxygen atoms in total. The van der Waals surface area contributed by atoms with Crippen LogP contribution in [0.3, 0.4) is 0 Å². The molecule has 0 unspecified atom stereocenters. The zero-order chi connectivity index (χ0) is 19.1. The molecule has 0 heterocycles. The van der Waals surface area contributed by atoms with Crippen molar-refractivity contribution in [2.75, 3.05) is 0 Å². The lowest BCUT2D eigenvalue weighted by Crippen LogP contribution is -1.93. The van der Waals surface area contributed by atoms with E-state index in [2.05, 4.69) is 67.3 Å². The number of hydrogen-bond donors (Lipinski definition) is 1. The molecule has 0 amide bonds. The van der Waals surface area contributed by atoms with Crippen molar-refractivity contribution >= 4 is 5.97 Å². The van der Waals surface area contributed by atoms with E-state index in [0.29, 0.717) is 6.42 Å². The van der Waals surface area contributed by atoms with E-state index >= 15 is 0 Å². The normalized spacial score (nSPS) is 12.5. The molecular formula is C24H36O2. The Morgan fingerprint density at radius 1 is 0.615 bits per heavy atom. The maximum atomic E-state index is 10.4. The summed E-state index contributed by atoms with van der Waals surface area (Å²) in [5.41, 5.74) is 0. The lowest BCUT2D eigenvalue weighted by atomic mass is 10.1. The highest BCUT2D eigenvalue weighted by Gasteiger charge is 1.95. The molecule has 0 atom stereocenters. The van der Waals surface area contributed by atoms with Gasteiger partial charge in [0.05, 0.1) is 0 Å². The summed E-state index contributed by atoms with van der Waals surface area (Å²) in [7, 11) is 0. The number of hydrogen-bond acceptors (Lipinski definition) is 1. The van der Waals surface area contributed by atoms with E-state index < -0.39 is 5.97 Å². The Bertz CT molecular complexity index is 478. The highest BCUT2D eigenvalue weighted by molar-refractivity contribution is 5.66. The molecule has 0 saturated carbocycles. The van der Waals surface area contributed by atoms with Gasteiger partial charge in [-0.3, -0.25) is 4.79 Å². The van der Waals surface area contributed by atoms with Crippen LogP contribution in [0.15, 0.2) is 73.4 Å². The summed E-state index contributed by atoms with van der Waals surface area (Å²) in [6.07, 6.45) is 34.3. The van der Waals surface area contributed by atoms with Crippen LogP contribution >= 0.6 is 0 Å². The molecule has 0 aromatic carbocycles. The fourth-order valence-corrected chi connectivity index (χ4v) is 2.29. The van der Waals surface area contributed by atoms with Gasteiger partial charge in [-0.25, -0.2) is 0 Å². The lowest BCUT2D eigenvalue weighted by Gasteiger charge is -1.96. The third kappa shape index (κ3) is 21.9. The largest absolute Gasteiger partial charge is 0.481 e. The second-order valence-electron chi connectivity index (χ2n) is 6.17. The monoisotopic (exact) mass is 356 g/mol. The van der Waals surface area contributed by atoms with Gasteiger partial charge in [0.1, 0.15) is 0 Å². The minimum absolute atomic E-state index is 0.304. The molecule has 0 rings (SSSR count). The summed E-state index contributed by atoms with van der Waals surface area (Å²) in [4.78, 5) is 10.4. The summed E-state index contributed by atoms with van der Waals surface area (Å²) in [6, 6.07) is 0. The van der Waals surface area contributed by atoms with E-state index in [4.69, 9.17) is 5.11 Å². The van der Waals surface area contributed by atoms with Crippen LogP contribution in [0.25, 0.3) is 0 Å². The van der Waals surface area contributed by atoms with E-state index in [1.54, 1.807) is 0 Å². The summed E-state index contributed by atoms with van der Waals surface area (Å²) < 4.78 is 0. The molecule has 0 aliphatic carbocycles. The van der Waals surface area contributed by atoms with Crippen LogP contribution in [0, 0.1) is 0 Å². The molecule has 26 heavy (non-hydrogen) atoms. The van der Waals surface area contributed by atoms with Crippen LogP contribution in [0.5, 0.6) is 0 Å². The van der Waals surface area contributed by atoms with Crippen molar-refractivity contribution in [2.24, 2.45) is 0 Å². The van der Waals surface area contributed by atoms with Crippen LogP contribution < -0.4 is 0 Å². The van der Waals surface area contributed by atoms with Crippen molar-refractivity contribution < 1.29 is 9.90 Å². The average molecular weight is 357 g/mol. The minimum atomic E-state index is -0.685. The van der Waals surface area contributed by atoms with Crippen molar-refractivity contribution in [3.05, 3.63) is 73.4 Å². The van der Waals surface area contributed by atoms with Gasteiger partial charge in [-0.1, -0.05) is 79.7 Å². The highest BCUT2D eigenvalue weighted by atomic mass is 16.4. The molecule has 0 spiro atoms. The standard InChI is InChI=1S/C24H36O2/c1-2-3-4-5-6-7-8-9-10-11-12-13-14-15-16-17-18-19-20-21-22-23-24(25)26/h2,4-5,7-8,10-11,13-14,16-17H,1,3,6,9,12,15,18-23H2,(H,25,26). The summed E-state index contributed by atoms with van der Waals surface area (Å²) >= 11 is 0. The van der Waals surface area contributed by atoms with Crippen molar-refractivity contribution in [2.45, 2.75) is 70.6 Å². The van der Waals surface area contributed by atoms with Gasteiger partial charge in [-0.2, -0.15) is 0 Å². The Morgan fingerprint density at radius 3 is 1.50 bits per heavy atom. The maximum Gasteiger partial charge on any atom is 0.303 e. The topological polar surface area (TPSA) is 37.3 Å².